The number of hydrogen-bond acceptors (Lipinski definition) is 6. The minimum atomic E-state index is -1.00. The molecule has 22 heavy (non-hydrogen) atoms. The minimum absolute atomic E-state index is 0.00523. The smallest absolute Gasteiger partial charge is 0.343 e. The predicted octanol–water partition coefficient (Wildman–Crippen LogP) is 2.86. The third kappa shape index (κ3) is 2.95. The third-order valence-electron chi connectivity index (χ3n) is 2.82. The number of carbonyl (C=O) groups excluding carboxylic acids is 1. The van der Waals surface area contributed by atoms with Crippen LogP contribution in [0.15, 0.2) is 18.2 Å². The van der Waals surface area contributed by atoms with Crippen molar-refractivity contribution < 1.29 is 23.6 Å². The van der Waals surface area contributed by atoms with Crippen LogP contribution in [0, 0.1) is 15.9 Å². The number of pyridine rings is 1. The molecule has 0 fully saturated rings. The number of benzene rings is 1. The van der Waals surface area contributed by atoms with Crippen LogP contribution in [-0.2, 0) is 4.74 Å². The van der Waals surface area contributed by atoms with E-state index in [1.54, 1.807) is 13.8 Å². The van der Waals surface area contributed by atoms with Crippen molar-refractivity contribution in [1.82, 2.24) is 4.98 Å². The molecule has 0 aliphatic heterocycles. The van der Waals surface area contributed by atoms with Crippen LogP contribution in [-0.4, -0.2) is 29.1 Å². The Balaban J connectivity index is 2.66. The van der Waals surface area contributed by atoms with Gasteiger partial charge in [-0.05, 0) is 26.0 Å². The molecule has 2 rings (SSSR count). The number of fused-ring (bicyclic) bond motifs is 1. The van der Waals surface area contributed by atoms with Gasteiger partial charge < -0.3 is 9.47 Å². The molecule has 8 heteroatoms. The van der Waals surface area contributed by atoms with E-state index < -0.39 is 22.4 Å². The van der Waals surface area contributed by atoms with Crippen LogP contribution in [0.1, 0.15) is 24.2 Å². The van der Waals surface area contributed by atoms with Gasteiger partial charge in [-0.15, -0.1) is 0 Å². The zero-order valence-electron chi connectivity index (χ0n) is 12.0. The Bertz CT molecular complexity index is 748. The van der Waals surface area contributed by atoms with E-state index in [-0.39, 0.29) is 35.6 Å². The first kappa shape index (κ1) is 15.6. The molecule has 0 spiro atoms. The second-order valence-electron chi connectivity index (χ2n) is 4.25. The highest BCUT2D eigenvalue weighted by Gasteiger charge is 2.21. The van der Waals surface area contributed by atoms with E-state index in [4.69, 9.17) is 9.47 Å². The number of ether oxygens (including phenoxy) is 2. The fourth-order valence-electron chi connectivity index (χ4n) is 1.91. The van der Waals surface area contributed by atoms with Crippen LogP contribution >= 0.6 is 0 Å². The van der Waals surface area contributed by atoms with E-state index >= 15 is 0 Å². The van der Waals surface area contributed by atoms with Crippen molar-refractivity contribution in [3.8, 4) is 5.88 Å². The first-order chi connectivity index (χ1) is 10.5. The van der Waals surface area contributed by atoms with Crippen LogP contribution in [0.4, 0.5) is 10.1 Å². The summed E-state index contributed by atoms with van der Waals surface area (Å²) in [5.41, 5.74) is -0.486. The number of nitrogens with zero attached hydrogens (tertiary/aromatic N) is 2. The first-order valence-electron chi connectivity index (χ1n) is 6.56. The summed E-state index contributed by atoms with van der Waals surface area (Å²) in [5, 5.41) is 11.0. The van der Waals surface area contributed by atoms with E-state index in [0.717, 1.165) is 12.1 Å². The molecular weight excluding hydrogens is 295 g/mol. The van der Waals surface area contributed by atoms with Crippen molar-refractivity contribution in [1.29, 1.82) is 0 Å². The zero-order valence-corrected chi connectivity index (χ0v) is 12.0. The molecule has 0 atom stereocenters. The summed E-state index contributed by atoms with van der Waals surface area (Å²) in [6, 6.07) is 3.30. The van der Waals surface area contributed by atoms with E-state index in [1.165, 1.54) is 6.07 Å². The minimum Gasteiger partial charge on any atom is -0.477 e. The lowest BCUT2D eigenvalue weighted by Crippen LogP contribution is -2.09. The standard InChI is InChI=1S/C14H13FN2O5/c1-3-21-13-9(14(18)22-4-2)5-8-6-10(15)12(17(19)20)7-11(8)16-13/h5-7H,3-4H2,1-2H3. The van der Waals surface area contributed by atoms with Crippen molar-refractivity contribution in [3.05, 3.63) is 39.7 Å². The lowest BCUT2D eigenvalue weighted by molar-refractivity contribution is -0.387. The Labute approximate surface area is 124 Å². The molecule has 7 nitrogen and oxygen atoms in total. The molecule has 0 saturated carbocycles. The van der Waals surface area contributed by atoms with Gasteiger partial charge in [-0.25, -0.2) is 9.78 Å². The second kappa shape index (κ2) is 6.33. The van der Waals surface area contributed by atoms with Gasteiger partial charge in [0, 0.05) is 11.5 Å². The quantitative estimate of drug-likeness (QED) is 0.479. The maximum Gasteiger partial charge on any atom is 0.343 e. The molecule has 0 saturated heterocycles. The average Bonchev–Trinajstić information content (AvgIpc) is 2.46. The van der Waals surface area contributed by atoms with Crippen LogP contribution in [0.25, 0.3) is 10.9 Å². The number of esters is 1. The molecule has 1 aromatic carbocycles. The summed E-state index contributed by atoms with van der Waals surface area (Å²) in [5.74, 6) is -1.66. The van der Waals surface area contributed by atoms with Gasteiger partial charge in [0.2, 0.25) is 11.7 Å². The molecule has 0 aliphatic rings. The Kier molecular flexibility index (Phi) is 4.50. The molecule has 0 amide bonds. The number of nitro groups is 1. The lowest BCUT2D eigenvalue weighted by Gasteiger charge is -2.10. The Morgan fingerprint density at radius 3 is 2.64 bits per heavy atom. The Morgan fingerprint density at radius 2 is 2.05 bits per heavy atom. The molecule has 0 unspecified atom stereocenters. The van der Waals surface area contributed by atoms with Gasteiger partial charge in [-0.1, -0.05) is 0 Å². The molecule has 0 radical (unpaired) electrons. The number of aromatic nitrogens is 1. The SMILES string of the molecule is CCOC(=O)c1cc2cc(F)c([N+](=O)[O-])cc2nc1OCC. The van der Waals surface area contributed by atoms with E-state index in [9.17, 15) is 19.3 Å². The largest absolute Gasteiger partial charge is 0.477 e. The van der Waals surface area contributed by atoms with Gasteiger partial charge in [0.1, 0.15) is 5.56 Å². The first-order valence-corrected chi connectivity index (χ1v) is 6.56. The fraction of sp³-hybridized carbons (Fsp3) is 0.286. The van der Waals surface area contributed by atoms with Gasteiger partial charge in [-0.2, -0.15) is 4.39 Å². The summed E-state index contributed by atoms with van der Waals surface area (Å²) in [4.78, 5) is 25.9. The number of halogens is 1. The molecular formula is C14H13FN2O5. The Hall–Kier alpha value is -2.77. The molecule has 1 aromatic heterocycles. The van der Waals surface area contributed by atoms with Crippen LogP contribution < -0.4 is 4.74 Å². The third-order valence-corrected chi connectivity index (χ3v) is 2.82. The molecule has 0 bridgehead atoms. The van der Waals surface area contributed by atoms with E-state index in [0.29, 0.717) is 0 Å². The van der Waals surface area contributed by atoms with E-state index in [1.807, 2.05) is 0 Å². The van der Waals surface area contributed by atoms with Gasteiger partial charge in [-0.3, -0.25) is 10.1 Å². The summed E-state index contributed by atoms with van der Waals surface area (Å²) < 4.78 is 23.8. The highest BCUT2D eigenvalue weighted by Crippen LogP contribution is 2.28. The summed E-state index contributed by atoms with van der Waals surface area (Å²) in [6.45, 7) is 3.76. The molecule has 2 aromatic rings. The van der Waals surface area contributed by atoms with Crippen molar-refractivity contribution >= 4 is 22.6 Å². The molecule has 0 aliphatic carbocycles. The summed E-state index contributed by atoms with van der Waals surface area (Å²) in [6.07, 6.45) is 0. The predicted molar refractivity (Wildman–Crippen MR) is 75.5 cm³/mol. The van der Waals surface area contributed by atoms with Gasteiger partial charge in [0.15, 0.2) is 0 Å². The van der Waals surface area contributed by atoms with Gasteiger partial charge in [0.25, 0.3) is 0 Å². The Morgan fingerprint density at radius 1 is 1.32 bits per heavy atom. The highest BCUT2D eigenvalue weighted by molar-refractivity contribution is 5.96. The number of hydrogen-bond donors (Lipinski definition) is 0. The topological polar surface area (TPSA) is 91.6 Å². The maximum absolute atomic E-state index is 13.7. The number of rotatable bonds is 5. The van der Waals surface area contributed by atoms with Crippen LogP contribution in [0.5, 0.6) is 5.88 Å². The van der Waals surface area contributed by atoms with Gasteiger partial charge >= 0.3 is 11.7 Å². The maximum atomic E-state index is 13.7. The van der Waals surface area contributed by atoms with Crippen LogP contribution in [0.3, 0.4) is 0 Å². The van der Waals surface area contributed by atoms with Crippen LogP contribution in [0.2, 0.25) is 0 Å². The monoisotopic (exact) mass is 308 g/mol. The molecule has 1 heterocycles. The van der Waals surface area contributed by atoms with Crippen molar-refractivity contribution in [2.75, 3.05) is 13.2 Å². The van der Waals surface area contributed by atoms with Crippen molar-refractivity contribution in [2.24, 2.45) is 0 Å². The van der Waals surface area contributed by atoms with Gasteiger partial charge in [0.05, 0.1) is 23.7 Å². The summed E-state index contributed by atoms with van der Waals surface area (Å²) in [7, 11) is 0. The van der Waals surface area contributed by atoms with E-state index in [2.05, 4.69) is 4.98 Å². The molecule has 0 N–H and O–H groups in total. The van der Waals surface area contributed by atoms with Crippen molar-refractivity contribution in [2.45, 2.75) is 13.8 Å². The zero-order chi connectivity index (χ0) is 16.3. The average molecular weight is 308 g/mol. The molecule has 116 valence electrons. The fourth-order valence-corrected chi connectivity index (χ4v) is 1.91. The summed E-state index contributed by atoms with van der Waals surface area (Å²) >= 11 is 0. The van der Waals surface area contributed by atoms with Crippen molar-refractivity contribution in [3.63, 3.8) is 0 Å². The number of carbonyl (C=O) groups is 1. The second-order valence-corrected chi connectivity index (χ2v) is 4.25. The number of nitro benzene ring substituents is 1. The highest BCUT2D eigenvalue weighted by atomic mass is 19.1. The lowest BCUT2D eigenvalue weighted by atomic mass is 10.1. The normalized spacial score (nSPS) is 10.5.